The van der Waals surface area contributed by atoms with Crippen molar-refractivity contribution < 1.29 is 9.90 Å². The highest BCUT2D eigenvalue weighted by Gasteiger charge is 2.26. The average Bonchev–Trinajstić information content (AvgIpc) is 2.64. The number of carboxylic acids is 1. The molecule has 6 heteroatoms. The molecule has 0 spiro atoms. The molecule has 2 aromatic rings. The van der Waals surface area contributed by atoms with Gasteiger partial charge >= 0.3 is 5.97 Å². The van der Waals surface area contributed by atoms with Crippen LogP contribution < -0.4 is 4.90 Å². The molecule has 1 aliphatic rings. The second-order valence-corrected chi connectivity index (χ2v) is 7.87. The Balaban J connectivity index is 1.68. The summed E-state index contributed by atoms with van der Waals surface area (Å²) in [5.41, 5.74) is 3.52. The van der Waals surface area contributed by atoms with Gasteiger partial charge < -0.3 is 10.0 Å². The first-order valence-corrected chi connectivity index (χ1v) is 9.90. The minimum absolute atomic E-state index is 0.0231. The number of carboxylic acid groups (broad SMARTS) is 1. The van der Waals surface area contributed by atoms with E-state index < -0.39 is 5.97 Å². The molecule has 144 valence electrons. The highest BCUT2D eigenvalue weighted by atomic mass is 35.5. The Bertz CT molecular complexity index is 805. The van der Waals surface area contributed by atoms with Gasteiger partial charge in [0.15, 0.2) is 0 Å². The van der Waals surface area contributed by atoms with E-state index in [0.717, 1.165) is 31.5 Å². The van der Waals surface area contributed by atoms with Crippen molar-refractivity contribution in [2.45, 2.75) is 32.4 Å². The maximum absolute atomic E-state index is 11.4. The maximum Gasteiger partial charge on any atom is 0.317 e. The lowest BCUT2D eigenvalue weighted by Crippen LogP contribution is -2.46. The molecule has 27 heavy (non-hydrogen) atoms. The minimum Gasteiger partial charge on any atom is -0.480 e. The van der Waals surface area contributed by atoms with E-state index in [0.29, 0.717) is 16.6 Å². The van der Waals surface area contributed by atoms with Crippen LogP contribution in [0.2, 0.25) is 10.0 Å². The van der Waals surface area contributed by atoms with Crippen molar-refractivity contribution in [3.8, 4) is 0 Å². The summed E-state index contributed by atoms with van der Waals surface area (Å²) in [5.74, 6) is -0.809. The van der Waals surface area contributed by atoms with E-state index in [-0.39, 0.29) is 12.6 Å². The first-order valence-electron chi connectivity index (χ1n) is 9.14. The molecule has 1 fully saturated rings. The molecule has 0 saturated carbocycles. The molecule has 3 rings (SSSR count). The van der Waals surface area contributed by atoms with Crippen molar-refractivity contribution in [3.63, 3.8) is 0 Å². The summed E-state index contributed by atoms with van der Waals surface area (Å²) in [4.78, 5) is 15.8. The molecule has 0 aliphatic carbocycles. The van der Waals surface area contributed by atoms with E-state index in [1.165, 1.54) is 11.3 Å². The van der Waals surface area contributed by atoms with E-state index >= 15 is 0 Å². The molecular weight excluding hydrogens is 383 g/mol. The summed E-state index contributed by atoms with van der Waals surface area (Å²) < 4.78 is 0. The second kappa shape index (κ2) is 8.96. The number of carbonyl (C=O) groups is 1. The Morgan fingerprint density at radius 1 is 1.15 bits per heavy atom. The maximum atomic E-state index is 11.4. The fourth-order valence-electron chi connectivity index (χ4n) is 3.75. The third-order valence-electron chi connectivity index (χ3n) is 5.15. The van der Waals surface area contributed by atoms with Gasteiger partial charge in [0.2, 0.25) is 0 Å². The normalized spacial score (nSPS) is 15.3. The molecule has 4 nitrogen and oxygen atoms in total. The Kier molecular flexibility index (Phi) is 6.64. The quantitative estimate of drug-likeness (QED) is 0.743. The SMILES string of the molecule is Cc1ccccc1N1CCC(N(CC(=O)O)Cc2ccc(Cl)c(Cl)c2)CC1. The number of aryl methyl sites for hydroxylation is 1. The first-order chi connectivity index (χ1) is 12.9. The number of para-hydroxylation sites is 1. The predicted octanol–water partition coefficient (Wildman–Crippen LogP) is 4.86. The van der Waals surface area contributed by atoms with Crippen molar-refractivity contribution in [1.29, 1.82) is 0 Å². The van der Waals surface area contributed by atoms with E-state index in [2.05, 4.69) is 36.1 Å². The van der Waals surface area contributed by atoms with Crippen LogP contribution in [0.15, 0.2) is 42.5 Å². The van der Waals surface area contributed by atoms with Crippen LogP contribution in [-0.4, -0.2) is 41.7 Å². The van der Waals surface area contributed by atoms with Crippen LogP contribution >= 0.6 is 23.2 Å². The number of halogens is 2. The van der Waals surface area contributed by atoms with Crippen LogP contribution in [0.25, 0.3) is 0 Å². The lowest BCUT2D eigenvalue weighted by Gasteiger charge is -2.39. The lowest BCUT2D eigenvalue weighted by molar-refractivity contribution is -0.139. The Hall–Kier alpha value is -1.75. The molecule has 1 N–H and O–H groups in total. The van der Waals surface area contributed by atoms with Crippen LogP contribution in [-0.2, 0) is 11.3 Å². The molecule has 0 radical (unpaired) electrons. The van der Waals surface area contributed by atoms with Gasteiger partial charge in [-0.3, -0.25) is 9.69 Å². The molecule has 0 bridgehead atoms. The third kappa shape index (κ3) is 5.16. The molecule has 0 unspecified atom stereocenters. The zero-order chi connectivity index (χ0) is 19.4. The first kappa shape index (κ1) is 20.0. The zero-order valence-corrected chi connectivity index (χ0v) is 16.9. The fraction of sp³-hybridized carbons (Fsp3) is 0.381. The van der Waals surface area contributed by atoms with Crippen molar-refractivity contribution in [1.82, 2.24) is 4.90 Å². The Labute approximate surface area is 170 Å². The van der Waals surface area contributed by atoms with Gasteiger partial charge in [0.25, 0.3) is 0 Å². The Morgan fingerprint density at radius 3 is 2.48 bits per heavy atom. The second-order valence-electron chi connectivity index (χ2n) is 7.05. The topological polar surface area (TPSA) is 43.8 Å². The molecule has 0 atom stereocenters. The van der Waals surface area contributed by atoms with Gasteiger partial charge in [0, 0.05) is 31.4 Å². The summed E-state index contributed by atoms with van der Waals surface area (Å²) >= 11 is 12.1. The van der Waals surface area contributed by atoms with Gasteiger partial charge in [-0.15, -0.1) is 0 Å². The predicted molar refractivity (Wildman–Crippen MR) is 111 cm³/mol. The number of nitrogens with zero attached hydrogens (tertiary/aromatic N) is 2. The highest BCUT2D eigenvalue weighted by molar-refractivity contribution is 6.42. The van der Waals surface area contributed by atoms with Crippen LogP contribution in [0.4, 0.5) is 5.69 Å². The van der Waals surface area contributed by atoms with Gasteiger partial charge in [-0.25, -0.2) is 0 Å². The standard InChI is InChI=1S/C21H24Cl2N2O2/c1-15-4-2-3-5-20(15)24-10-8-17(9-11-24)25(14-21(26)27)13-16-6-7-18(22)19(23)12-16/h2-7,12,17H,8-11,13-14H2,1H3,(H,26,27). The number of hydrogen-bond acceptors (Lipinski definition) is 3. The third-order valence-corrected chi connectivity index (χ3v) is 5.88. The molecule has 1 saturated heterocycles. The number of piperidine rings is 1. The van der Waals surface area contributed by atoms with E-state index in [1.807, 2.05) is 17.0 Å². The number of hydrogen-bond donors (Lipinski definition) is 1. The van der Waals surface area contributed by atoms with Crippen LogP contribution in [0.3, 0.4) is 0 Å². The van der Waals surface area contributed by atoms with Gasteiger partial charge in [-0.05, 0) is 49.1 Å². The molecule has 0 amide bonds. The number of benzene rings is 2. The fourth-order valence-corrected chi connectivity index (χ4v) is 4.07. The van der Waals surface area contributed by atoms with E-state index in [1.54, 1.807) is 6.07 Å². The summed E-state index contributed by atoms with van der Waals surface area (Å²) in [5, 5.41) is 10.4. The minimum atomic E-state index is -0.809. The van der Waals surface area contributed by atoms with Gasteiger partial charge in [0.1, 0.15) is 0 Å². The van der Waals surface area contributed by atoms with Crippen molar-refractivity contribution >= 4 is 34.9 Å². The number of anilines is 1. The van der Waals surface area contributed by atoms with Crippen molar-refractivity contribution in [3.05, 3.63) is 63.6 Å². The van der Waals surface area contributed by atoms with E-state index in [9.17, 15) is 9.90 Å². The number of aliphatic carboxylic acids is 1. The van der Waals surface area contributed by atoms with Crippen LogP contribution in [0, 0.1) is 6.92 Å². The van der Waals surface area contributed by atoms with Crippen molar-refractivity contribution in [2.24, 2.45) is 0 Å². The average molecular weight is 407 g/mol. The van der Waals surface area contributed by atoms with Gasteiger partial charge in [0.05, 0.1) is 16.6 Å². The van der Waals surface area contributed by atoms with Gasteiger partial charge in [-0.2, -0.15) is 0 Å². The molecular formula is C21H24Cl2N2O2. The zero-order valence-electron chi connectivity index (χ0n) is 15.4. The van der Waals surface area contributed by atoms with Gasteiger partial charge in [-0.1, -0.05) is 47.5 Å². The monoisotopic (exact) mass is 406 g/mol. The largest absolute Gasteiger partial charge is 0.480 e. The molecule has 1 aliphatic heterocycles. The Morgan fingerprint density at radius 2 is 1.85 bits per heavy atom. The van der Waals surface area contributed by atoms with Crippen molar-refractivity contribution in [2.75, 3.05) is 24.5 Å². The summed E-state index contributed by atoms with van der Waals surface area (Å²) in [6, 6.07) is 14.1. The van der Waals surface area contributed by atoms with E-state index in [4.69, 9.17) is 23.2 Å². The van der Waals surface area contributed by atoms with Crippen LogP contribution in [0.1, 0.15) is 24.0 Å². The highest BCUT2D eigenvalue weighted by Crippen LogP contribution is 2.27. The number of rotatable bonds is 6. The molecule has 1 heterocycles. The van der Waals surface area contributed by atoms with Crippen LogP contribution in [0.5, 0.6) is 0 Å². The summed E-state index contributed by atoms with van der Waals surface area (Å²) in [7, 11) is 0. The summed E-state index contributed by atoms with van der Waals surface area (Å²) in [6.45, 7) is 4.55. The molecule has 2 aromatic carbocycles. The lowest BCUT2D eigenvalue weighted by atomic mass is 10.0. The summed E-state index contributed by atoms with van der Waals surface area (Å²) in [6.07, 6.45) is 1.87. The smallest absolute Gasteiger partial charge is 0.317 e. The molecule has 0 aromatic heterocycles.